The molecule has 1 saturated heterocycles. The summed E-state index contributed by atoms with van der Waals surface area (Å²) in [5.41, 5.74) is 9.17. The average Bonchev–Trinajstić information content (AvgIpc) is 2.86. The van der Waals surface area contributed by atoms with Crippen molar-refractivity contribution in [3.8, 4) is 0 Å². The van der Waals surface area contributed by atoms with Crippen molar-refractivity contribution in [2.75, 3.05) is 12.3 Å². The fourth-order valence-corrected chi connectivity index (χ4v) is 3.88. The lowest BCUT2D eigenvalue weighted by Gasteiger charge is -2.34. The number of piperidine rings is 1. The quantitative estimate of drug-likeness (QED) is 0.813. The number of nitrogen functional groups attached to an aromatic ring is 1. The normalized spacial score (nSPS) is 18.3. The number of halogens is 2. The van der Waals surface area contributed by atoms with E-state index in [-0.39, 0.29) is 24.8 Å². The SMILES string of the molecule is Cc1csc(C2CCCCN2Cc2cccc(N)c2)n1.Cl.Cl. The van der Waals surface area contributed by atoms with Crippen LogP contribution in [-0.4, -0.2) is 16.4 Å². The van der Waals surface area contributed by atoms with E-state index < -0.39 is 0 Å². The number of nitrogens with zero attached hydrogens (tertiary/aromatic N) is 2. The number of aromatic nitrogens is 1. The first-order valence-corrected chi connectivity index (χ1v) is 8.11. The van der Waals surface area contributed by atoms with Crippen LogP contribution in [0.1, 0.15) is 41.6 Å². The monoisotopic (exact) mass is 359 g/mol. The van der Waals surface area contributed by atoms with E-state index in [1.807, 2.05) is 12.1 Å². The number of rotatable bonds is 3. The van der Waals surface area contributed by atoms with Crippen molar-refractivity contribution in [3.05, 3.63) is 45.9 Å². The highest BCUT2D eigenvalue weighted by Crippen LogP contribution is 2.33. The molecule has 1 aromatic heterocycles. The van der Waals surface area contributed by atoms with Gasteiger partial charge in [0.2, 0.25) is 0 Å². The van der Waals surface area contributed by atoms with Gasteiger partial charge in [0.25, 0.3) is 0 Å². The summed E-state index contributed by atoms with van der Waals surface area (Å²) in [7, 11) is 0. The molecule has 0 spiro atoms. The minimum absolute atomic E-state index is 0. The van der Waals surface area contributed by atoms with Crippen LogP contribution in [0.5, 0.6) is 0 Å². The second-order valence-corrected chi connectivity index (χ2v) is 6.44. The molecule has 22 heavy (non-hydrogen) atoms. The van der Waals surface area contributed by atoms with Crippen molar-refractivity contribution in [2.45, 2.75) is 38.8 Å². The van der Waals surface area contributed by atoms with Gasteiger partial charge in [0, 0.05) is 23.3 Å². The molecule has 1 unspecified atom stereocenters. The third-order valence-electron chi connectivity index (χ3n) is 3.87. The van der Waals surface area contributed by atoms with Gasteiger partial charge >= 0.3 is 0 Å². The second-order valence-electron chi connectivity index (χ2n) is 5.55. The Balaban J connectivity index is 0.00000121. The van der Waals surface area contributed by atoms with Gasteiger partial charge in [-0.25, -0.2) is 4.98 Å². The number of benzene rings is 1. The van der Waals surface area contributed by atoms with E-state index >= 15 is 0 Å². The van der Waals surface area contributed by atoms with Gasteiger partial charge < -0.3 is 5.73 Å². The van der Waals surface area contributed by atoms with Gasteiger partial charge in [-0.15, -0.1) is 36.2 Å². The molecule has 0 radical (unpaired) electrons. The summed E-state index contributed by atoms with van der Waals surface area (Å²) in [6, 6.07) is 8.70. The van der Waals surface area contributed by atoms with Gasteiger partial charge in [-0.2, -0.15) is 0 Å². The van der Waals surface area contributed by atoms with Crippen LogP contribution in [-0.2, 0) is 6.54 Å². The molecular formula is C16H23Cl2N3S. The number of thiazole rings is 1. The number of aryl methyl sites for hydroxylation is 1. The van der Waals surface area contributed by atoms with Gasteiger partial charge in [0.05, 0.1) is 6.04 Å². The summed E-state index contributed by atoms with van der Waals surface area (Å²) in [5, 5.41) is 3.42. The summed E-state index contributed by atoms with van der Waals surface area (Å²) in [4.78, 5) is 7.25. The van der Waals surface area contributed by atoms with Crippen molar-refractivity contribution >= 4 is 41.8 Å². The smallest absolute Gasteiger partial charge is 0.110 e. The second kappa shape index (κ2) is 8.73. The Morgan fingerprint density at radius 2 is 2.14 bits per heavy atom. The van der Waals surface area contributed by atoms with Crippen molar-refractivity contribution in [1.29, 1.82) is 0 Å². The molecule has 122 valence electrons. The molecule has 3 rings (SSSR count). The van der Waals surface area contributed by atoms with E-state index in [4.69, 9.17) is 10.7 Å². The van der Waals surface area contributed by atoms with Crippen LogP contribution >= 0.6 is 36.2 Å². The van der Waals surface area contributed by atoms with Crippen molar-refractivity contribution < 1.29 is 0 Å². The molecule has 1 aliphatic rings. The molecule has 1 aromatic carbocycles. The molecule has 6 heteroatoms. The maximum atomic E-state index is 5.88. The van der Waals surface area contributed by atoms with E-state index in [0.717, 1.165) is 24.5 Å². The van der Waals surface area contributed by atoms with Gasteiger partial charge in [-0.1, -0.05) is 18.6 Å². The molecule has 1 atom stereocenters. The van der Waals surface area contributed by atoms with Crippen molar-refractivity contribution in [3.63, 3.8) is 0 Å². The molecule has 1 fully saturated rings. The van der Waals surface area contributed by atoms with E-state index in [0.29, 0.717) is 6.04 Å². The van der Waals surface area contributed by atoms with Crippen LogP contribution < -0.4 is 5.73 Å². The topological polar surface area (TPSA) is 42.1 Å². The van der Waals surface area contributed by atoms with Crippen molar-refractivity contribution in [1.82, 2.24) is 9.88 Å². The molecular weight excluding hydrogens is 337 g/mol. The first-order chi connectivity index (χ1) is 9.72. The number of likely N-dealkylation sites (tertiary alicyclic amines) is 1. The zero-order chi connectivity index (χ0) is 13.9. The Hall–Kier alpha value is -0.810. The molecule has 0 amide bonds. The zero-order valence-corrected chi connectivity index (χ0v) is 15.1. The lowest BCUT2D eigenvalue weighted by Crippen LogP contribution is -2.32. The number of hydrogen-bond acceptors (Lipinski definition) is 4. The average molecular weight is 360 g/mol. The van der Waals surface area contributed by atoms with Gasteiger partial charge in [-0.3, -0.25) is 4.90 Å². The van der Waals surface area contributed by atoms with E-state index in [2.05, 4.69) is 29.3 Å². The van der Waals surface area contributed by atoms with Crippen molar-refractivity contribution in [2.24, 2.45) is 0 Å². The number of hydrogen-bond donors (Lipinski definition) is 1. The van der Waals surface area contributed by atoms with Crippen LogP contribution in [0.2, 0.25) is 0 Å². The van der Waals surface area contributed by atoms with Gasteiger partial charge in [-0.05, 0) is 44.0 Å². The molecule has 0 bridgehead atoms. The number of anilines is 1. The standard InChI is InChI=1S/C16H21N3S.2ClH/c1-12-11-20-16(18-12)15-7-2-3-8-19(15)10-13-5-4-6-14(17)9-13;;/h4-6,9,11,15H,2-3,7-8,10,17H2,1H3;2*1H. The lowest BCUT2D eigenvalue weighted by molar-refractivity contribution is 0.140. The predicted octanol–water partition coefficient (Wildman–Crippen LogP) is 4.60. The maximum Gasteiger partial charge on any atom is 0.110 e. The fraction of sp³-hybridized carbons (Fsp3) is 0.438. The molecule has 2 heterocycles. The van der Waals surface area contributed by atoms with E-state index in [1.165, 1.54) is 29.8 Å². The molecule has 3 nitrogen and oxygen atoms in total. The number of nitrogens with two attached hydrogens (primary N) is 1. The van der Waals surface area contributed by atoms with Crippen LogP contribution in [0.4, 0.5) is 5.69 Å². The minimum atomic E-state index is 0. The summed E-state index contributed by atoms with van der Waals surface area (Å²) in [5.74, 6) is 0. The first-order valence-electron chi connectivity index (χ1n) is 7.23. The highest BCUT2D eigenvalue weighted by molar-refractivity contribution is 7.09. The highest BCUT2D eigenvalue weighted by atomic mass is 35.5. The molecule has 2 N–H and O–H groups in total. The van der Waals surface area contributed by atoms with Crippen LogP contribution in [0, 0.1) is 6.92 Å². The lowest BCUT2D eigenvalue weighted by atomic mass is 10.0. The first kappa shape index (κ1) is 19.2. The Bertz CT molecular complexity index is 588. The summed E-state index contributed by atoms with van der Waals surface area (Å²) in [6.45, 7) is 4.19. The molecule has 0 aliphatic carbocycles. The third-order valence-corrected chi connectivity index (χ3v) is 4.94. The Morgan fingerprint density at radius 1 is 1.32 bits per heavy atom. The van der Waals surface area contributed by atoms with Crippen LogP contribution in [0.25, 0.3) is 0 Å². The van der Waals surface area contributed by atoms with E-state index in [1.54, 1.807) is 11.3 Å². The zero-order valence-electron chi connectivity index (χ0n) is 12.7. The van der Waals surface area contributed by atoms with Crippen LogP contribution in [0.3, 0.4) is 0 Å². The summed E-state index contributed by atoms with van der Waals surface area (Å²) < 4.78 is 0. The van der Waals surface area contributed by atoms with E-state index in [9.17, 15) is 0 Å². The summed E-state index contributed by atoms with van der Waals surface area (Å²) in [6.07, 6.45) is 3.80. The third kappa shape index (κ3) is 4.59. The fourth-order valence-electron chi connectivity index (χ4n) is 2.91. The maximum absolute atomic E-state index is 5.88. The largest absolute Gasteiger partial charge is 0.399 e. The molecule has 0 saturated carbocycles. The minimum Gasteiger partial charge on any atom is -0.399 e. The summed E-state index contributed by atoms with van der Waals surface area (Å²) >= 11 is 1.80. The highest BCUT2D eigenvalue weighted by Gasteiger charge is 2.26. The van der Waals surface area contributed by atoms with Gasteiger partial charge in [0.15, 0.2) is 0 Å². The predicted molar refractivity (Wildman–Crippen MR) is 99.2 cm³/mol. The Morgan fingerprint density at radius 3 is 2.82 bits per heavy atom. The van der Waals surface area contributed by atoms with Crippen LogP contribution in [0.15, 0.2) is 29.6 Å². The molecule has 1 aliphatic heterocycles. The Kier molecular flexibility index (Phi) is 7.63. The Labute approximate surface area is 148 Å². The molecule has 2 aromatic rings. The van der Waals surface area contributed by atoms with Gasteiger partial charge in [0.1, 0.15) is 5.01 Å².